The summed E-state index contributed by atoms with van der Waals surface area (Å²) >= 11 is 0. The molecule has 104 valence electrons. The molecule has 3 rings (SSSR count). The SMILES string of the molecule is CCNc1cc(N(C)C(C)C2CC2)nc(C2CC2)n1. The Morgan fingerprint density at radius 2 is 2.05 bits per heavy atom. The van der Waals surface area contributed by atoms with Crippen LogP contribution in [0.15, 0.2) is 6.07 Å². The van der Waals surface area contributed by atoms with Gasteiger partial charge >= 0.3 is 0 Å². The first-order valence-electron chi connectivity index (χ1n) is 7.54. The van der Waals surface area contributed by atoms with Crippen molar-refractivity contribution in [1.29, 1.82) is 0 Å². The first kappa shape index (κ1) is 12.7. The molecular formula is C15H24N4. The maximum Gasteiger partial charge on any atom is 0.136 e. The third-order valence-electron chi connectivity index (χ3n) is 4.31. The van der Waals surface area contributed by atoms with Crippen LogP contribution in [0.5, 0.6) is 0 Å². The number of anilines is 2. The molecule has 4 nitrogen and oxygen atoms in total. The summed E-state index contributed by atoms with van der Waals surface area (Å²) in [4.78, 5) is 11.7. The van der Waals surface area contributed by atoms with Crippen LogP contribution in [0.3, 0.4) is 0 Å². The smallest absolute Gasteiger partial charge is 0.136 e. The van der Waals surface area contributed by atoms with Crippen molar-refractivity contribution in [3.8, 4) is 0 Å². The summed E-state index contributed by atoms with van der Waals surface area (Å²) in [5.74, 6) is 4.54. The minimum Gasteiger partial charge on any atom is -0.370 e. The topological polar surface area (TPSA) is 41.0 Å². The predicted octanol–water partition coefficient (Wildman–Crippen LogP) is 3.02. The molecule has 4 heteroatoms. The lowest BCUT2D eigenvalue weighted by Gasteiger charge is -2.26. The molecule has 2 aliphatic rings. The van der Waals surface area contributed by atoms with E-state index in [0.717, 1.165) is 29.9 Å². The fraction of sp³-hybridized carbons (Fsp3) is 0.733. The van der Waals surface area contributed by atoms with Crippen molar-refractivity contribution in [2.45, 2.75) is 51.5 Å². The Hall–Kier alpha value is -1.32. The summed E-state index contributed by atoms with van der Waals surface area (Å²) in [5.41, 5.74) is 0. The van der Waals surface area contributed by atoms with Crippen molar-refractivity contribution < 1.29 is 0 Å². The van der Waals surface area contributed by atoms with Crippen LogP contribution in [-0.4, -0.2) is 29.6 Å². The molecule has 1 aromatic rings. The zero-order valence-electron chi connectivity index (χ0n) is 12.2. The number of hydrogen-bond donors (Lipinski definition) is 1. The van der Waals surface area contributed by atoms with E-state index >= 15 is 0 Å². The van der Waals surface area contributed by atoms with Gasteiger partial charge in [0.1, 0.15) is 17.5 Å². The van der Waals surface area contributed by atoms with Gasteiger partial charge in [-0.05, 0) is 45.4 Å². The minimum atomic E-state index is 0.580. The summed E-state index contributed by atoms with van der Waals surface area (Å²) in [6.07, 6.45) is 5.23. The highest BCUT2D eigenvalue weighted by Crippen LogP contribution is 2.40. The van der Waals surface area contributed by atoms with E-state index in [9.17, 15) is 0 Å². The molecule has 2 aliphatic carbocycles. The Morgan fingerprint density at radius 3 is 2.63 bits per heavy atom. The van der Waals surface area contributed by atoms with E-state index in [1.54, 1.807) is 0 Å². The van der Waals surface area contributed by atoms with E-state index in [4.69, 9.17) is 4.98 Å². The van der Waals surface area contributed by atoms with Crippen molar-refractivity contribution in [3.05, 3.63) is 11.9 Å². The highest BCUT2D eigenvalue weighted by Gasteiger charge is 2.32. The number of nitrogens with zero attached hydrogens (tertiary/aromatic N) is 3. The van der Waals surface area contributed by atoms with Gasteiger partial charge in [0, 0.05) is 31.6 Å². The van der Waals surface area contributed by atoms with Gasteiger partial charge in [0.2, 0.25) is 0 Å². The summed E-state index contributed by atoms with van der Waals surface area (Å²) in [7, 11) is 2.16. The van der Waals surface area contributed by atoms with Crippen LogP contribution >= 0.6 is 0 Å². The summed E-state index contributed by atoms with van der Waals surface area (Å²) < 4.78 is 0. The van der Waals surface area contributed by atoms with Crippen molar-refractivity contribution in [1.82, 2.24) is 9.97 Å². The van der Waals surface area contributed by atoms with E-state index in [2.05, 4.69) is 42.2 Å². The molecule has 0 amide bonds. The van der Waals surface area contributed by atoms with Crippen LogP contribution < -0.4 is 10.2 Å². The first-order chi connectivity index (χ1) is 9.19. The van der Waals surface area contributed by atoms with Crippen molar-refractivity contribution in [3.63, 3.8) is 0 Å². The average molecular weight is 260 g/mol. The zero-order valence-corrected chi connectivity index (χ0v) is 12.2. The standard InChI is InChI=1S/C15H24N4/c1-4-16-13-9-14(18-15(17-13)12-7-8-12)19(3)10(2)11-5-6-11/h9-12H,4-8H2,1-3H3,(H,16,17,18). The molecule has 0 spiro atoms. The van der Waals surface area contributed by atoms with Gasteiger partial charge in [0.25, 0.3) is 0 Å². The van der Waals surface area contributed by atoms with Crippen LogP contribution in [0.2, 0.25) is 0 Å². The van der Waals surface area contributed by atoms with Crippen LogP contribution in [0, 0.1) is 5.92 Å². The third kappa shape index (κ3) is 2.82. The zero-order chi connectivity index (χ0) is 13.4. The van der Waals surface area contributed by atoms with E-state index < -0.39 is 0 Å². The Balaban J connectivity index is 1.85. The molecule has 0 aliphatic heterocycles. The lowest BCUT2D eigenvalue weighted by atomic mass is 10.2. The lowest BCUT2D eigenvalue weighted by molar-refractivity contribution is 0.602. The Labute approximate surface area is 115 Å². The maximum atomic E-state index is 4.78. The third-order valence-corrected chi connectivity index (χ3v) is 4.31. The van der Waals surface area contributed by atoms with Gasteiger partial charge in [-0.1, -0.05) is 0 Å². The molecule has 0 saturated heterocycles. The predicted molar refractivity (Wildman–Crippen MR) is 78.8 cm³/mol. The highest BCUT2D eigenvalue weighted by molar-refractivity contribution is 5.50. The van der Waals surface area contributed by atoms with E-state index in [1.807, 2.05) is 0 Å². The molecule has 19 heavy (non-hydrogen) atoms. The minimum absolute atomic E-state index is 0.580. The summed E-state index contributed by atoms with van der Waals surface area (Å²) in [6.45, 7) is 5.32. The summed E-state index contributed by atoms with van der Waals surface area (Å²) in [6, 6.07) is 2.67. The fourth-order valence-corrected chi connectivity index (χ4v) is 2.53. The first-order valence-corrected chi connectivity index (χ1v) is 7.54. The van der Waals surface area contributed by atoms with E-state index in [-0.39, 0.29) is 0 Å². The highest BCUT2D eigenvalue weighted by atomic mass is 15.2. The van der Waals surface area contributed by atoms with Gasteiger partial charge in [0.15, 0.2) is 0 Å². The van der Waals surface area contributed by atoms with E-state index in [0.29, 0.717) is 12.0 Å². The van der Waals surface area contributed by atoms with Gasteiger partial charge < -0.3 is 10.2 Å². The van der Waals surface area contributed by atoms with Crippen molar-refractivity contribution in [2.24, 2.45) is 5.92 Å². The second kappa shape index (κ2) is 4.99. The van der Waals surface area contributed by atoms with Gasteiger partial charge in [-0.3, -0.25) is 0 Å². The number of rotatable bonds is 6. The second-order valence-corrected chi connectivity index (χ2v) is 5.96. The lowest BCUT2D eigenvalue weighted by Crippen LogP contribution is -2.31. The number of aromatic nitrogens is 2. The van der Waals surface area contributed by atoms with Crippen LogP contribution in [0.1, 0.15) is 51.3 Å². The molecule has 2 saturated carbocycles. The van der Waals surface area contributed by atoms with Gasteiger partial charge in [-0.15, -0.1) is 0 Å². The number of nitrogens with one attached hydrogen (secondary N) is 1. The molecule has 2 fully saturated rings. The normalized spacial score (nSPS) is 20.2. The molecule has 1 atom stereocenters. The van der Waals surface area contributed by atoms with Gasteiger partial charge in [-0.25, -0.2) is 9.97 Å². The van der Waals surface area contributed by atoms with Crippen LogP contribution in [-0.2, 0) is 0 Å². The van der Waals surface area contributed by atoms with Crippen LogP contribution in [0.25, 0.3) is 0 Å². The molecule has 0 bridgehead atoms. The van der Waals surface area contributed by atoms with Crippen molar-refractivity contribution >= 4 is 11.6 Å². The van der Waals surface area contributed by atoms with Crippen LogP contribution in [0.4, 0.5) is 11.6 Å². The average Bonchev–Trinajstić information content (AvgIpc) is 3.30. The van der Waals surface area contributed by atoms with Crippen molar-refractivity contribution in [2.75, 3.05) is 23.8 Å². The molecule has 0 aromatic carbocycles. The molecule has 1 heterocycles. The monoisotopic (exact) mass is 260 g/mol. The Morgan fingerprint density at radius 1 is 1.32 bits per heavy atom. The molecule has 1 unspecified atom stereocenters. The number of hydrogen-bond acceptors (Lipinski definition) is 4. The molecule has 1 aromatic heterocycles. The second-order valence-electron chi connectivity index (χ2n) is 5.96. The Kier molecular flexibility index (Phi) is 3.33. The van der Waals surface area contributed by atoms with Gasteiger partial charge in [0.05, 0.1) is 0 Å². The fourth-order valence-electron chi connectivity index (χ4n) is 2.53. The molecule has 1 N–H and O–H groups in total. The molecule has 0 radical (unpaired) electrons. The Bertz CT molecular complexity index is 451. The largest absolute Gasteiger partial charge is 0.370 e. The quantitative estimate of drug-likeness (QED) is 0.853. The van der Waals surface area contributed by atoms with Gasteiger partial charge in [-0.2, -0.15) is 0 Å². The maximum absolute atomic E-state index is 4.78. The molecular weight excluding hydrogens is 236 g/mol. The summed E-state index contributed by atoms with van der Waals surface area (Å²) in [5, 5.41) is 3.33. The van der Waals surface area contributed by atoms with E-state index in [1.165, 1.54) is 25.7 Å².